The summed E-state index contributed by atoms with van der Waals surface area (Å²) >= 11 is 0. The van der Waals surface area contributed by atoms with Crippen molar-refractivity contribution in [2.75, 3.05) is 7.11 Å². The van der Waals surface area contributed by atoms with Crippen molar-refractivity contribution in [3.63, 3.8) is 0 Å². The summed E-state index contributed by atoms with van der Waals surface area (Å²) in [7, 11) is 1.35. The predicted octanol–water partition coefficient (Wildman–Crippen LogP) is 3.32. The average molecular weight is 410 g/mol. The van der Waals surface area contributed by atoms with Crippen LogP contribution in [0.4, 0.5) is 4.39 Å². The van der Waals surface area contributed by atoms with Gasteiger partial charge in [-0.1, -0.05) is 24.3 Å². The highest BCUT2D eigenvalue weighted by atomic mass is 35.5. The normalized spacial score (nSPS) is 11.5. The molecular weight excluding hydrogens is 385 g/mol. The summed E-state index contributed by atoms with van der Waals surface area (Å²) < 4.78 is 25.1. The quantitative estimate of drug-likeness (QED) is 0.460. The predicted molar refractivity (Wildman–Crippen MR) is 108 cm³/mol. The average Bonchev–Trinajstić information content (AvgIpc) is 2.62. The Morgan fingerprint density at radius 1 is 1.21 bits per heavy atom. The van der Waals surface area contributed by atoms with Crippen LogP contribution in [0.3, 0.4) is 0 Å². The maximum atomic E-state index is 14.4. The molecule has 1 atom stereocenters. The smallest absolute Gasteiger partial charge is 0.254 e. The van der Waals surface area contributed by atoms with Crippen LogP contribution in [0.1, 0.15) is 36.6 Å². The zero-order chi connectivity index (χ0) is 20.0. The first-order valence-corrected chi connectivity index (χ1v) is 8.51. The van der Waals surface area contributed by atoms with Crippen LogP contribution in [-0.2, 0) is 16.1 Å². The Hall–Kier alpha value is -2.64. The minimum absolute atomic E-state index is 0. The van der Waals surface area contributed by atoms with E-state index in [1.165, 1.54) is 19.2 Å². The Bertz CT molecular complexity index is 813. The molecule has 1 amide bonds. The van der Waals surface area contributed by atoms with Gasteiger partial charge in [-0.15, -0.1) is 12.4 Å². The molecule has 2 aromatic carbocycles. The molecule has 2 aromatic rings. The molecule has 0 aliphatic rings. The first-order chi connectivity index (χ1) is 12.8. The number of halogens is 2. The zero-order valence-electron chi connectivity index (χ0n) is 16.0. The molecule has 0 bridgehead atoms. The van der Waals surface area contributed by atoms with Gasteiger partial charge in [0.2, 0.25) is 0 Å². The van der Waals surface area contributed by atoms with Crippen molar-refractivity contribution >= 4 is 24.1 Å². The molecule has 4 N–H and O–H groups in total. The van der Waals surface area contributed by atoms with E-state index in [9.17, 15) is 9.18 Å². The SMILES string of the molecule is COC(C(=O)NCc1ccc(C(=N)N)cc1)c1ccc(OC(C)C)cc1F.Cl. The van der Waals surface area contributed by atoms with Crippen LogP contribution >= 0.6 is 12.4 Å². The third kappa shape index (κ3) is 6.21. The summed E-state index contributed by atoms with van der Waals surface area (Å²) in [6.07, 6.45) is -1.15. The highest BCUT2D eigenvalue weighted by molar-refractivity contribution is 5.94. The van der Waals surface area contributed by atoms with E-state index in [0.717, 1.165) is 5.56 Å². The molecule has 0 aromatic heterocycles. The Morgan fingerprint density at radius 2 is 1.86 bits per heavy atom. The Kier molecular flexibility index (Phi) is 8.88. The lowest BCUT2D eigenvalue weighted by Crippen LogP contribution is -2.30. The summed E-state index contributed by atoms with van der Waals surface area (Å²) in [4.78, 5) is 12.4. The first-order valence-electron chi connectivity index (χ1n) is 8.51. The van der Waals surface area contributed by atoms with Crippen molar-refractivity contribution in [1.82, 2.24) is 5.32 Å². The number of nitrogen functional groups attached to an aromatic ring is 1. The zero-order valence-corrected chi connectivity index (χ0v) is 16.8. The minimum Gasteiger partial charge on any atom is -0.491 e. The van der Waals surface area contributed by atoms with Gasteiger partial charge in [0.1, 0.15) is 17.4 Å². The van der Waals surface area contributed by atoms with E-state index in [1.807, 2.05) is 13.8 Å². The van der Waals surface area contributed by atoms with Gasteiger partial charge < -0.3 is 20.5 Å². The molecule has 0 aliphatic heterocycles. The standard InChI is InChI=1S/C20H24FN3O3.ClH/c1-12(2)27-15-8-9-16(17(21)10-15)18(26-3)20(25)24-11-13-4-6-14(7-5-13)19(22)23;/h4-10,12,18H,11H2,1-3H3,(H3,22,23)(H,24,25);1H. The van der Waals surface area contributed by atoms with E-state index < -0.39 is 17.8 Å². The van der Waals surface area contributed by atoms with Gasteiger partial charge in [0.05, 0.1) is 6.10 Å². The highest BCUT2D eigenvalue weighted by Gasteiger charge is 2.23. The molecule has 6 nitrogen and oxygen atoms in total. The van der Waals surface area contributed by atoms with E-state index in [1.54, 1.807) is 30.3 Å². The second kappa shape index (κ2) is 10.6. The second-order valence-corrected chi connectivity index (χ2v) is 6.29. The Balaban J connectivity index is 0.00000392. The Labute approximate surface area is 170 Å². The fourth-order valence-corrected chi connectivity index (χ4v) is 2.53. The number of nitrogens with two attached hydrogens (primary N) is 1. The second-order valence-electron chi connectivity index (χ2n) is 6.29. The topological polar surface area (TPSA) is 97.4 Å². The first kappa shape index (κ1) is 23.4. The Morgan fingerprint density at radius 3 is 2.36 bits per heavy atom. The third-order valence-corrected chi connectivity index (χ3v) is 3.83. The molecule has 28 heavy (non-hydrogen) atoms. The number of amidine groups is 1. The van der Waals surface area contributed by atoms with E-state index in [-0.39, 0.29) is 36.5 Å². The van der Waals surface area contributed by atoms with Crippen LogP contribution in [0.25, 0.3) is 0 Å². The fourth-order valence-electron chi connectivity index (χ4n) is 2.53. The number of rotatable bonds is 8. The highest BCUT2D eigenvalue weighted by Crippen LogP contribution is 2.25. The molecule has 0 saturated heterocycles. The summed E-state index contributed by atoms with van der Waals surface area (Å²) in [5.74, 6) is -0.650. The van der Waals surface area contributed by atoms with Gasteiger partial charge in [-0.25, -0.2) is 4.39 Å². The van der Waals surface area contributed by atoms with Crippen molar-refractivity contribution in [3.8, 4) is 5.75 Å². The maximum Gasteiger partial charge on any atom is 0.254 e. The van der Waals surface area contributed by atoms with Gasteiger partial charge in [-0.3, -0.25) is 10.2 Å². The maximum absolute atomic E-state index is 14.4. The fraction of sp³-hybridized carbons (Fsp3) is 0.300. The number of amides is 1. The molecule has 1 unspecified atom stereocenters. The lowest BCUT2D eigenvalue weighted by atomic mass is 10.1. The number of methoxy groups -OCH3 is 1. The number of ether oxygens (including phenoxy) is 2. The summed E-state index contributed by atoms with van der Waals surface area (Å²) in [5, 5.41) is 10.1. The number of hydrogen-bond acceptors (Lipinski definition) is 4. The molecule has 0 saturated carbocycles. The molecule has 0 radical (unpaired) electrons. The summed E-state index contributed by atoms with van der Waals surface area (Å²) in [6, 6.07) is 11.3. The van der Waals surface area contributed by atoms with Gasteiger partial charge in [0.25, 0.3) is 5.91 Å². The molecule has 152 valence electrons. The van der Waals surface area contributed by atoms with Crippen LogP contribution in [-0.4, -0.2) is 25.0 Å². The van der Waals surface area contributed by atoms with Gasteiger partial charge in [0.15, 0.2) is 6.10 Å². The van der Waals surface area contributed by atoms with Crippen LogP contribution in [0, 0.1) is 11.2 Å². The summed E-state index contributed by atoms with van der Waals surface area (Å²) in [6.45, 7) is 3.94. The van der Waals surface area contributed by atoms with E-state index in [2.05, 4.69) is 5.32 Å². The number of nitrogens with one attached hydrogen (secondary N) is 2. The number of carbonyl (C=O) groups is 1. The van der Waals surface area contributed by atoms with E-state index >= 15 is 0 Å². The van der Waals surface area contributed by atoms with Crippen LogP contribution < -0.4 is 15.8 Å². The monoisotopic (exact) mass is 409 g/mol. The van der Waals surface area contributed by atoms with Crippen molar-refractivity contribution in [1.29, 1.82) is 5.41 Å². The van der Waals surface area contributed by atoms with E-state index in [4.69, 9.17) is 20.6 Å². The molecule has 0 spiro atoms. The molecular formula is C20H25ClFN3O3. The molecule has 2 rings (SSSR count). The summed E-state index contributed by atoms with van der Waals surface area (Å²) in [5.41, 5.74) is 6.97. The molecule has 8 heteroatoms. The lowest BCUT2D eigenvalue weighted by molar-refractivity contribution is -0.131. The molecule has 0 heterocycles. The number of benzene rings is 2. The van der Waals surface area contributed by atoms with Crippen molar-refractivity contribution < 1.29 is 18.7 Å². The molecule has 0 aliphatic carbocycles. The van der Waals surface area contributed by atoms with E-state index in [0.29, 0.717) is 11.3 Å². The van der Waals surface area contributed by atoms with Gasteiger partial charge >= 0.3 is 0 Å². The lowest BCUT2D eigenvalue weighted by Gasteiger charge is -2.18. The largest absolute Gasteiger partial charge is 0.491 e. The third-order valence-electron chi connectivity index (χ3n) is 3.83. The van der Waals surface area contributed by atoms with Crippen molar-refractivity contribution in [2.45, 2.75) is 32.6 Å². The van der Waals surface area contributed by atoms with Crippen LogP contribution in [0.2, 0.25) is 0 Å². The van der Waals surface area contributed by atoms with Crippen LogP contribution in [0.5, 0.6) is 5.75 Å². The van der Waals surface area contributed by atoms with Crippen molar-refractivity contribution in [2.24, 2.45) is 5.73 Å². The van der Waals surface area contributed by atoms with Gasteiger partial charge in [0, 0.05) is 30.8 Å². The van der Waals surface area contributed by atoms with Gasteiger partial charge in [-0.2, -0.15) is 0 Å². The van der Waals surface area contributed by atoms with Crippen molar-refractivity contribution in [3.05, 3.63) is 65.0 Å². The minimum atomic E-state index is -1.07. The molecule has 0 fully saturated rings. The number of carbonyl (C=O) groups excluding carboxylic acids is 1. The van der Waals surface area contributed by atoms with Gasteiger partial charge in [-0.05, 0) is 31.5 Å². The number of hydrogen-bond donors (Lipinski definition) is 3. The van der Waals surface area contributed by atoms with Crippen LogP contribution in [0.15, 0.2) is 42.5 Å².